The molecule has 1 heterocycles. The van der Waals surface area contributed by atoms with Gasteiger partial charge in [0.25, 0.3) is 0 Å². The van der Waals surface area contributed by atoms with Gasteiger partial charge in [-0.15, -0.1) is 0 Å². The molecular formula is C15H24N2O3. The first-order valence-corrected chi connectivity index (χ1v) is 7.30. The second-order valence-corrected chi connectivity index (χ2v) is 6.18. The van der Waals surface area contributed by atoms with E-state index < -0.39 is 5.60 Å². The third kappa shape index (κ3) is 3.60. The van der Waals surface area contributed by atoms with Crippen LogP contribution in [0.25, 0.3) is 0 Å². The van der Waals surface area contributed by atoms with Gasteiger partial charge in [-0.05, 0) is 32.6 Å². The molecule has 0 aromatic carbocycles. The summed E-state index contributed by atoms with van der Waals surface area (Å²) >= 11 is 0. The van der Waals surface area contributed by atoms with E-state index in [1.165, 1.54) is 0 Å². The molecule has 2 rings (SSSR count). The smallest absolute Gasteiger partial charge is 0.224 e. The molecule has 1 saturated carbocycles. The molecule has 5 nitrogen and oxygen atoms in total. The molecule has 2 unspecified atom stereocenters. The van der Waals surface area contributed by atoms with E-state index in [4.69, 9.17) is 4.52 Å². The molecule has 5 heteroatoms. The molecule has 1 aliphatic rings. The number of amides is 1. The monoisotopic (exact) mass is 280 g/mol. The Morgan fingerprint density at radius 3 is 2.90 bits per heavy atom. The lowest BCUT2D eigenvalue weighted by atomic mass is 9.79. The molecule has 112 valence electrons. The Morgan fingerprint density at radius 2 is 2.30 bits per heavy atom. The molecule has 0 bridgehead atoms. The Bertz CT molecular complexity index is 464. The second kappa shape index (κ2) is 5.95. The Hall–Kier alpha value is -1.36. The lowest BCUT2D eigenvalue weighted by molar-refractivity contribution is -0.122. The van der Waals surface area contributed by atoms with Gasteiger partial charge in [-0.1, -0.05) is 24.9 Å². The van der Waals surface area contributed by atoms with Crippen LogP contribution in [0, 0.1) is 19.8 Å². The average Bonchev–Trinajstić information content (AvgIpc) is 2.68. The first kappa shape index (κ1) is 15.0. The van der Waals surface area contributed by atoms with Gasteiger partial charge in [0, 0.05) is 12.1 Å². The zero-order chi connectivity index (χ0) is 14.8. The van der Waals surface area contributed by atoms with Crippen molar-refractivity contribution in [1.82, 2.24) is 10.5 Å². The normalized spacial score (nSPS) is 26.5. The first-order chi connectivity index (χ1) is 9.39. The lowest BCUT2D eigenvalue weighted by Crippen LogP contribution is -2.46. The predicted octanol–water partition coefficient (Wildman–Crippen LogP) is 1.89. The van der Waals surface area contributed by atoms with Crippen LogP contribution in [-0.4, -0.2) is 28.3 Å². The van der Waals surface area contributed by atoms with Gasteiger partial charge in [0.2, 0.25) is 5.91 Å². The van der Waals surface area contributed by atoms with Crippen molar-refractivity contribution in [3.63, 3.8) is 0 Å². The van der Waals surface area contributed by atoms with Gasteiger partial charge >= 0.3 is 0 Å². The number of aryl methyl sites for hydroxylation is 2. The van der Waals surface area contributed by atoms with E-state index >= 15 is 0 Å². The third-order valence-electron chi connectivity index (χ3n) is 4.20. The quantitative estimate of drug-likeness (QED) is 0.883. The van der Waals surface area contributed by atoms with E-state index in [1.807, 2.05) is 6.92 Å². The summed E-state index contributed by atoms with van der Waals surface area (Å²) in [7, 11) is 0. The number of nitrogens with zero attached hydrogens (tertiary/aromatic N) is 1. The summed E-state index contributed by atoms with van der Waals surface area (Å²) in [5.41, 5.74) is 0.848. The molecule has 1 aliphatic carbocycles. The summed E-state index contributed by atoms with van der Waals surface area (Å²) in [6, 6.07) is 0. The molecular weight excluding hydrogens is 256 g/mol. The zero-order valence-electron chi connectivity index (χ0n) is 12.5. The fourth-order valence-electron chi connectivity index (χ4n) is 3.03. The van der Waals surface area contributed by atoms with E-state index in [2.05, 4.69) is 17.4 Å². The number of rotatable bonds is 4. The highest BCUT2D eigenvalue weighted by atomic mass is 16.5. The van der Waals surface area contributed by atoms with Crippen LogP contribution in [0.5, 0.6) is 0 Å². The molecule has 0 spiro atoms. The van der Waals surface area contributed by atoms with Crippen LogP contribution in [0.3, 0.4) is 0 Å². The van der Waals surface area contributed by atoms with Gasteiger partial charge in [0.05, 0.1) is 17.7 Å². The van der Waals surface area contributed by atoms with E-state index in [0.717, 1.165) is 36.9 Å². The van der Waals surface area contributed by atoms with E-state index in [1.54, 1.807) is 6.92 Å². The van der Waals surface area contributed by atoms with Crippen molar-refractivity contribution in [2.75, 3.05) is 6.54 Å². The maximum Gasteiger partial charge on any atom is 0.224 e. The molecule has 2 atom stereocenters. The molecule has 0 saturated heterocycles. The maximum absolute atomic E-state index is 12.0. The van der Waals surface area contributed by atoms with Gasteiger partial charge < -0.3 is 14.9 Å². The van der Waals surface area contributed by atoms with Gasteiger partial charge in [-0.2, -0.15) is 0 Å². The maximum atomic E-state index is 12.0. The standard InChI is InChI=1S/C15H24N2O3/c1-10-5-4-6-15(19,8-10)9-16-14(18)7-13-11(2)17-20-12(13)3/h10,19H,4-9H2,1-3H3,(H,16,18). The first-order valence-electron chi connectivity index (χ1n) is 7.30. The van der Waals surface area contributed by atoms with E-state index in [9.17, 15) is 9.90 Å². The number of hydrogen-bond acceptors (Lipinski definition) is 4. The van der Waals surface area contributed by atoms with Crippen LogP contribution in [0.1, 0.15) is 49.6 Å². The number of nitrogens with one attached hydrogen (secondary N) is 1. The molecule has 0 radical (unpaired) electrons. The van der Waals surface area contributed by atoms with E-state index in [-0.39, 0.29) is 12.3 Å². The largest absolute Gasteiger partial charge is 0.388 e. The minimum atomic E-state index is -0.744. The van der Waals surface area contributed by atoms with Crippen molar-refractivity contribution < 1.29 is 14.4 Å². The molecule has 20 heavy (non-hydrogen) atoms. The van der Waals surface area contributed by atoms with Crippen molar-refractivity contribution in [2.24, 2.45) is 5.92 Å². The summed E-state index contributed by atoms with van der Waals surface area (Å²) in [6.07, 6.45) is 3.97. The number of hydrogen-bond donors (Lipinski definition) is 2. The van der Waals surface area contributed by atoms with Gasteiger partial charge in [-0.3, -0.25) is 4.79 Å². The average molecular weight is 280 g/mol. The Morgan fingerprint density at radius 1 is 1.55 bits per heavy atom. The molecule has 1 amide bonds. The Labute approximate surface area is 119 Å². The highest BCUT2D eigenvalue weighted by molar-refractivity contribution is 5.79. The topological polar surface area (TPSA) is 75.4 Å². The molecule has 0 aliphatic heterocycles. The third-order valence-corrected chi connectivity index (χ3v) is 4.20. The summed E-state index contributed by atoms with van der Waals surface area (Å²) in [4.78, 5) is 12.0. The van der Waals surface area contributed by atoms with Crippen LogP contribution < -0.4 is 5.32 Å². The van der Waals surface area contributed by atoms with Gasteiger partial charge in [0.15, 0.2) is 0 Å². The van der Waals surface area contributed by atoms with Crippen molar-refractivity contribution in [2.45, 2.75) is 58.5 Å². The Balaban J connectivity index is 1.86. The van der Waals surface area contributed by atoms with Crippen molar-refractivity contribution in [1.29, 1.82) is 0 Å². The number of aliphatic hydroxyl groups is 1. The number of carbonyl (C=O) groups excluding carboxylic acids is 1. The van der Waals surface area contributed by atoms with Crippen LogP contribution in [-0.2, 0) is 11.2 Å². The minimum absolute atomic E-state index is 0.0916. The Kier molecular flexibility index (Phi) is 4.48. The summed E-state index contributed by atoms with van der Waals surface area (Å²) < 4.78 is 5.05. The van der Waals surface area contributed by atoms with Crippen LogP contribution >= 0.6 is 0 Å². The highest BCUT2D eigenvalue weighted by Crippen LogP contribution is 2.31. The van der Waals surface area contributed by atoms with Crippen LogP contribution in [0.15, 0.2) is 4.52 Å². The molecule has 1 fully saturated rings. The SMILES string of the molecule is Cc1noc(C)c1CC(=O)NCC1(O)CCCC(C)C1. The van der Waals surface area contributed by atoms with Crippen LogP contribution in [0.4, 0.5) is 0 Å². The fourth-order valence-corrected chi connectivity index (χ4v) is 3.03. The minimum Gasteiger partial charge on any atom is -0.388 e. The fraction of sp³-hybridized carbons (Fsp3) is 0.733. The highest BCUT2D eigenvalue weighted by Gasteiger charge is 2.32. The lowest BCUT2D eigenvalue weighted by Gasteiger charge is -2.35. The molecule has 1 aromatic heterocycles. The predicted molar refractivity (Wildman–Crippen MR) is 75.3 cm³/mol. The summed E-state index contributed by atoms with van der Waals surface area (Å²) in [6.45, 7) is 6.11. The molecule has 1 aromatic rings. The van der Waals surface area contributed by atoms with Gasteiger partial charge in [-0.25, -0.2) is 0 Å². The van der Waals surface area contributed by atoms with Crippen molar-refractivity contribution in [3.8, 4) is 0 Å². The summed E-state index contributed by atoms with van der Waals surface area (Å²) in [5, 5.41) is 17.2. The molecule has 2 N–H and O–H groups in total. The van der Waals surface area contributed by atoms with Crippen LogP contribution in [0.2, 0.25) is 0 Å². The number of aromatic nitrogens is 1. The summed E-state index contributed by atoms with van der Waals surface area (Å²) in [5.74, 6) is 1.11. The number of carbonyl (C=O) groups is 1. The van der Waals surface area contributed by atoms with Crippen molar-refractivity contribution in [3.05, 3.63) is 17.0 Å². The zero-order valence-corrected chi connectivity index (χ0v) is 12.5. The van der Waals surface area contributed by atoms with E-state index in [0.29, 0.717) is 18.2 Å². The second-order valence-electron chi connectivity index (χ2n) is 6.18. The van der Waals surface area contributed by atoms with Gasteiger partial charge in [0.1, 0.15) is 5.76 Å². The van der Waals surface area contributed by atoms with Crippen molar-refractivity contribution >= 4 is 5.91 Å².